The average Bonchev–Trinajstić information content (AvgIpc) is 3.25. The number of hydrogen-bond donors (Lipinski definition) is 1. The molecule has 230 valence electrons. The van der Waals surface area contributed by atoms with Crippen molar-refractivity contribution < 1.29 is 32.3 Å². The first kappa shape index (κ1) is 32.2. The third-order valence-corrected chi connectivity index (χ3v) is 8.34. The maximum absolute atomic E-state index is 14.7. The zero-order valence-electron chi connectivity index (χ0n) is 26.1. The molecule has 0 bridgehead atoms. The zero-order valence-corrected chi connectivity index (χ0v) is 26.1. The molecule has 0 aliphatic heterocycles. The Hall–Kier alpha value is -3.69. The first-order valence-corrected chi connectivity index (χ1v) is 14.5. The molecular weight excluding hydrogens is 555 g/mol. The van der Waals surface area contributed by atoms with Crippen LogP contribution in [0, 0.1) is 27.7 Å². The molecule has 3 aromatic carbocycles. The fourth-order valence-electron chi connectivity index (χ4n) is 6.28. The molecule has 9 heteroatoms. The predicted octanol–water partition coefficient (Wildman–Crippen LogP) is 7.62. The number of hydrogen-bond acceptors (Lipinski definition) is 4. The number of aryl methyl sites for hydroxylation is 4. The third-order valence-electron chi connectivity index (χ3n) is 8.34. The Morgan fingerprint density at radius 1 is 0.930 bits per heavy atom. The number of aromatic nitrogens is 2. The third kappa shape index (κ3) is 6.06. The molecule has 0 saturated heterocycles. The van der Waals surface area contributed by atoms with E-state index in [0.29, 0.717) is 22.7 Å². The summed E-state index contributed by atoms with van der Waals surface area (Å²) in [5, 5.41) is 9.16. The molecule has 43 heavy (non-hydrogen) atoms. The highest BCUT2D eigenvalue weighted by Gasteiger charge is 2.46. The number of alkyl halides is 3. The van der Waals surface area contributed by atoms with Crippen LogP contribution in [-0.2, 0) is 12.7 Å². The van der Waals surface area contributed by atoms with E-state index in [1.54, 1.807) is 6.07 Å². The van der Waals surface area contributed by atoms with Gasteiger partial charge in [0.2, 0.25) is 0 Å². The van der Waals surface area contributed by atoms with Gasteiger partial charge in [-0.25, -0.2) is 14.3 Å². The zero-order chi connectivity index (χ0) is 31.9. The van der Waals surface area contributed by atoms with Gasteiger partial charge in [-0.1, -0.05) is 17.7 Å². The summed E-state index contributed by atoms with van der Waals surface area (Å²) in [6, 6.07) is 12.7. The van der Waals surface area contributed by atoms with Crippen LogP contribution in [0.5, 0.6) is 5.75 Å². The number of imidazole rings is 1. The lowest BCUT2D eigenvalue weighted by Gasteiger charge is -2.43. The van der Waals surface area contributed by atoms with Gasteiger partial charge in [0.05, 0.1) is 46.5 Å². The van der Waals surface area contributed by atoms with E-state index < -0.39 is 11.7 Å². The van der Waals surface area contributed by atoms with Gasteiger partial charge >= 0.3 is 12.1 Å². The molecule has 1 amide bonds. The number of amides is 1. The van der Waals surface area contributed by atoms with Crippen LogP contribution in [0.1, 0.15) is 71.7 Å². The second kappa shape index (κ2) is 12.1. The van der Waals surface area contributed by atoms with Gasteiger partial charge in [0.25, 0.3) is 0 Å². The molecule has 0 spiro atoms. The fourth-order valence-corrected chi connectivity index (χ4v) is 6.28. The lowest BCUT2D eigenvalue weighted by Crippen LogP contribution is -2.61. The van der Waals surface area contributed by atoms with Gasteiger partial charge in [-0.05, 0) is 108 Å². The van der Waals surface area contributed by atoms with E-state index >= 15 is 0 Å². The maximum Gasteiger partial charge on any atom is 0.416 e. The van der Waals surface area contributed by atoms with Crippen molar-refractivity contribution in [3.8, 4) is 11.4 Å². The number of aliphatic hydroxyl groups is 1. The summed E-state index contributed by atoms with van der Waals surface area (Å²) in [5.74, 6) is 1.01. The highest BCUT2D eigenvalue weighted by atomic mass is 19.4. The van der Waals surface area contributed by atoms with Crippen LogP contribution >= 0.6 is 0 Å². The van der Waals surface area contributed by atoms with Crippen LogP contribution in [0.2, 0.25) is 0 Å². The standard InChI is InChI=1S/C34H41F3N3O3/c1-20(2)40(21(3)4,33(42)32-24(7)15-22(5)16-25(32)8)19-31-38-28-18-26(34(35,36)37)9-11-30(28)39(31)29-12-10-27(17-23(29)6)43-14-13-41/h9-12,15-18,20-21,41H,13-14,19H2,1-8H3/q+1. The Morgan fingerprint density at radius 3 is 2.09 bits per heavy atom. The van der Waals surface area contributed by atoms with Gasteiger partial charge in [0, 0.05) is 0 Å². The van der Waals surface area contributed by atoms with Gasteiger partial charge in [0.1, 0.15) is 18.9 Å². The van der Waals surface area contributed by atoms with Crippen LogP contribution < -0.4 is 4.74 Å². The first-order valence-electron chi connectivity index (χ1n) is 14.5. The van der Waals surface area contributed by atoms with Crippen molar-refractivity contribution in [3.63, 3.8) is 0 Å². The number of benzene rings is 3. The van der Waals surface area contributed by atoms with Crippen molar-refractivity contribution >= 4 is 16.9 Å². The molecule has 4 aromatic rings. The number of carbonyl (C=O) groups excluding carboxylic acids is 1. The van der Waals surface area contributed by atoms with Crippen molar-refractivity contribution in [1.82, 2.24) is 9.55 Å². The number of carbonyl (C=O) groups is 1. The normalized spacial score (nSPS) is 12.5. The van der Waals surface area contributed by atoms with Crippen LogP contribution in [0.15, 0.2) is 48.5 Å². The fraction of sp³-hybridized carbons (Fsp3) is 0.412. The summed E-state index contributed by atoms with van der Waals surface area (Å²) >= 11 is 0. The summed E-state index contributed by atoms with van der Waals surface area (Å²) in [4.78, 5) is 19.5. The van der Waals surface area contributed by atoms with Crippen molar-refractivity contribution in [2.24, 2.45) is 0 Å². The van der Waals surface area contributed by atoms with Crippen LogP contribution in [0.25, 0.3) is 16.7 Å². The maximum atomic E-state index is 14.7. The Balaban J connectivity index is 1.99. The Kier molecular flexibility index (Phi) is 9.09. The van der Waals surface area contributed by atoms with E-state index in [2.05, 4.69) is 0 Å². The summed E-state index contributed by atoms with van der Waals surface area (Å²) in [6.45, 7) is 16.0. The van der Waals surface area contributed by atoms with Crippen molar-refractivity contribution in [1.29, 1.82) is 0 Å². The van der Waals surface area contributed by atoms with Crippen molar-refractivity contribution in [2.75, 3.05) is 13.2 Å². The Bertz CT molecular complexity index is 1620. The first-order chi connectivity index (χ1) is 20.1. The molecule has 0 unspecified atom stereocenters. The number of nitrogens with zero attached hydrogens (tertiary/aromatic N) is 3. The highest BCUT2D eigenvalue weighted by Crippen LogP contribution is 2.36. The van der Waals surface area contributed by atoms with Gasteiger partial charge in [-0.2, -0.15) is 13.2 Å². The van der Waals surface area contributed by atoms with Crippen LogP contribution in [0.4, 0.5) is 13.2 Å². The Morgan fingerprint density at radius 2 is 1.56 bits per heavy atom. The summed E-state index contributed by atoms with van der Waals surface area (Å²) in [6.07, 6.45) is -4.52. The summed E-state index contributed by atoms with van der Waals surface area (Å²) < 4.78 is 48.6. The highest BCUT2D eigenvalue weighted by molar-refractivity contribution is 5.92. The largest absolute Gasteiger partial charge is 0.491 e. The molecule has 0 aliphatic carbocycles. The molecule has 0 saturated carbocycles. The summed E-state index contributed by atoms with van der Waals surface area (Å²) in [5.41, 5.74) is 4.97. The number of rotatable bonds is 9. The minimum Gasteiger partial charge on any atom is -0.491 e. The monoisotopic (exact) mass is 596 g/mol. The van der Waals surface area contributed by atoms with E-state index in [-0.39, 0.29) is 47.7 Å². The number of ether oxygens (including phenoxy) is 1. The number of aliphatic hydroxyl groups excluding tert-OH is 1. The SMILES string of the molecule is Cc1cc(C)c(C(=O)[N+](Cc2nc3cc(C(F)(F)F)ccc3n2-c2ccc(OCCO)cc2C)(C(C)C)C(C)C)c(C)c1. The molecule has 0 aliphatic rings. The number of halogens is 3. The van der Waals surface area contributed by atoms with E-state index in [4.69, 9.17) is 14.8 Å². The van der Waals surface area contributed by atoms with E-state index in [9.17, 15) is 18.0 Å². The molecule has 1 heterocycles. The van der Waals surface area contributed by atoms with Gasteiger partial charge in [-0.15, -0.1) is 0 Å². The average molecular weight is 597 g/mol. The molecule has 1 aromatic heterocycles. The van der Waals surface area contributed by atoms with E-state index in [0.717, 1.165) is 40.1 Å². The number of quaternary nitrogens is 1. The second-order valence-electron chi connectivity index (χ2n) is 11.9. The minimum atomic E-state index is -4.52. The predicted molar refractivity (Wildman–Crippen MR) is 163 cm³/mol. The molecule has 0 fully saturated rings. The van der Waals surface area contributed by atoms with Crippen molar-refractivity contribution in [3.05, 3.63) is 87.7 Å². The minimum absolute atomic E-state index is 0.0247. The quantitative estimate of drug-likeness (QED) is 0.202. The van der Waals surface area contributed by atoms with Gasteiger partial charge < -0.3 is 9.84 Å². The van der Waals surface area contributed by atoms with E-state index in [1.165, 1.54) is 6.07 Å². The topological polar surface area (TPSA) is 64.4 Å². The molecule has 1 N–H and O–H groups in total. The Labute approximate surface area is 251 Å². The van der Waals surface area contributed by atoms with Gasteiger partial charge in [-0.3, -0.25) is 4.57 Å². The van der Waals surface area contributed by atoms with Gasteiger partial charge in [0.15, 0.2) is 5.82 Å². The molecule has 0 atom stereocenters. The lowest BCUT2D eigenvalue weighted by atomic mass is 9.95. The van der Waals surface area contributed by atoms with Crippen LogP contribution in [-0.4, -0.2) is 50.3 Å². The summed E-state index contributed by atoms with van der Waals surface area (Å²) in [7, 11) is 0. The number of fused-ring (bicyclic) bond motifs is 1. The molecular formula is C34H41F3N3O3+. The van der Waals surface area contributed by atoms with Crippen molar-refractivity contribution in [2.45, 2.75) is 80.2 Å². The lowest BCUT2D eigenvalue weighted by molar-refractivity contribution is -0.904. The van der Waals surface area contributed by atoms with E-state index in [1.807, 2.05) is 84.2 Å². The van der Waals surface area contributed by atoms with Crippen LogP contribution in [0.3, 0.4) is 0 Å². The molecule has 6 nitrogen and oxygen atoms in total. The molecule has 0 radical (unpaired) electrons. The smallest absolute Gasteiger partial charge is 0.416 e. The second-order valence-corrected chi connectivity index (χ2v) is 11.9. The molecule has 4 rings (SSSR count).